The van der Waals surface area contributed by atoms with Crippen molar-refractivity contribution in [3.8, 4) is 0 Å². The second kappa shape index (κ2) is 6.75. The SMILES string of the molecule is C[C@H](OP1(=S)N(C)[C@@H]2CCCC[C@H]2N1C)c1ccc2ccccc2c1. The molecule has 1 saturated heterocycles. The number of benzene rings is 2. The van der Waals surface area contributed by atoms with Gasteiger partial charge in [-0.1, -0.05) is 49.2 Å². The molecule has 134 valence electrons. The number of nitrogens with zero attached hydrogens (tertiary/aromatic N) is 2. The van der Waals surface area contributed by atoms with Gasteiger partial charge in [0.1, 0.15) is 0 Å². The molecule has 0 radical (unpaired) electrons. The molecule has 1 saturated carbocycles. The maximum Gasteiger partial charge on any atom is 0.204 e. The van der Waals surface area contributed by atoms with Crippen molar-refractivity contribution < 1.29 is 4.52 Å². The van der Waals surface area contributed by atoms with Crippen LogP contribution in [0.4, 0.5) is 0 Å². The van der Waals surface area contributed by atoms with Gasteiger partial charge in [-0.2, -0.15) is 0 Å². The first-order valence-corrected chi connectivity index (χ1v) is 11.9. The highest BCUT2D eigenvalue weighted by atomic mass is 32.5. The highest BCUT2D eigenvalue weighted by Crippen LogP contribution is 2.64. The highest BCUT2D eigenvalue weighted by Gasteiger charge is 2.50. The van der Waals surface area contributed by atoms with Gasteiger partial charge in [0, 0.05) is 12.1 Å². The Bertz CT molecular complexity index is 804. The van der Waals surface area contributed by atoms with Gasteiger partial charge in [0.05, 0.1) is 6.10 Å². The van der Waals surface area contributed by atoms with E-state index in [-0.39, 0.29) is 6.10 Å². The molecular weight excluding hydrogens is 347 g/mol. The summed E-state index contributed by atoms with van der Waals surface area (Å²) in [5.41, 5.74) is 1.21. The third-order valence-corrected chi connectivity index (χ3v) is 10.6. The lowest BCUT2D eigenvalue weighted by atomic mass is 9.91. The van der Waals surface area contributed by atoms with Crippen LogP contribution in [0.25, 0.3) is 10.8 Å². The quantitative estimate of drug-likeness (QED) is 0.675. The number of fused-ring (bicyclic) bond motifs is 2. The molecule has 2 aromatic rings. The third kappa shape index (κ3) is 2.98. The lowest BCUT2D eigenvalue weighted by Crippen LogP contribution is -2.37. The van der Waals surface area contributed by atoms with Crippen LogP contribution in [-0.2, 0) is 16.3 Å². The molecule has 4 rings (SSSR count). The molecule has 3 atom stereocenters. The highest BCUT2D eigenvalue weighted by molar-refractivity contribution is 8.10. The van der Waals surface area contributed by atoms with Gasteiger partial charge in [-0.15, -0.1) is 0 Å². The van der Waals surface area contributed by atoms with Crippen LogP contribution in [-0.4, -0.2) is 35.5 Å². The zero-order valence-electron chi connectivity index (χ0n) is 15.3. The van der Waals surface area contributed by atoms with Gasteiger partial charge in [0.25, 0.3) is 0 Å². The average Bonchev–Trinajstić information content (AvgIpc) is 2.83. The van der Waals surface area contributed by atoms with Crippen LogP contribution < -0.4 is 0 Å². The van der Waals surface area contributed by atoms with Crippen LogP contribution in [0, 0.1) is 0 Å². The minimum atomic E-state index is -2.14. The molecule has 1 heterocycles. The van der Waals surface area contributed by atoms with Crippen LogP contribution in [0.5, 0.6) is 0 Å². The smallest absolute Gasteiger partial charge is 0.204 e. The van der Waals surface area contributed by atoms with Crippen molar-refractivity contribution in [1.29, 1.82) is 0 Å². The fraction of sp³-hybridized carbons (Fsp3) is 0.500. The van der Waals surface area contributed by atoms with Crippen LogP contribution in [0.3, 0.4) is 0 Å². The van der Waals surface area contributed by atoms with E-state index in [4.69, 9.17) is 16.3 Å². The van der Waals surface area contributed by atoms with Gasteiger partial charge in [0.15, 0.2) is 0 Å². The predicted octanol–water partition coefficient (Wildman–Crippen LogP) is 5.33. The molecule has 0 bridgehead atoms. The molecule has 2 fully saturated rings. The normalized spacial score (nSPS) is 28.1. The van der Waals surface area contributed by atoms with E-state index in [1.807, 2.05) is 0 Å². The van der Waals surface area contributed by atoms with E-state index in [0.717, 1.165) is 0 Å². The average molecular weight is 374 g/mol. The summed E-state index contributed by atoms with van der Waals surface area (Å²) in [6, 6.07) is 16.2. The molecule has 3 nitrogen and oxygen atoms in total. The Labute approximate surface area is 156 Å². The Morgan fingerprint density at radius 3 is 2.24 bits per heavy atom. The molecule has 0 unspecified atom stereocenters. The molecule has 1 aliphatic carbocycles. The van der Waals surface area contributed by atoms with Gasteiger partial charge in [-0.25, -0.2) is 9.34 Å². The number of rotatable bonds is 3. The van der Waals surface area contributed by atoms with Gasteiger partial charge in [-0.3, -0.25) is 0 Å². The Balaban J connectivity index is 1.60. The van der Waals surface area contributed by atoms with Gasteiger partial charge in [-0.05, 0) is 68.1 Å². The molecule has 1 aliphatic heterocycles. The van der Waals surface area contributed by atoms with E-state index < -0.39 is 6.57 Å². The largest absolute Gasteiger partial charge is 0.319 e. The lowest BCUT2D eigenvalue weighted by Gasteiger charge is -2.33. The Hall–Kier alpha value is -0.770. The molecule has 2 aromatic carbocycles. The Morgan fingerprint density at radius 1 is 1.00 bits per heavy atom. The summed E-state index contributed by atoms with van der Waals surface area (Å²) in [6.45, 7) is 0.00126. The maximum atomic E-state index is 6.63. The van der Waals surface area contributed by atoms with Crippen molar-refractivity contribution in [1.82, 2.24) is 9.34 Å². The second-order valence-corrected chi connectivity index (χ2v) is 11.3. The molecule has 5 heteroatoms. The topological polar surface area (TPSA) is 15.7 Å². The van der Waals surface area contributed by atoms with E-state index in [0.29, 0.717) is 12.1 Å². The molecular formula is C20H27N2OPS. The van der Waals surface area contributed by atoms with Gasteiger partial charge >= 0.3 is 0 Å². The first-order chi connectivity index (χ1) is 12.0. The van der Waals surface area contributed by atoms with Crippen LogP contribution in [0.15, 0.2) is 42.5 Å². The number of hydrogen-bond donors (Lipinski definition) is 0. The van der Waals surface area contributed by atoms with Crippen LogP contribution in [0.1, 0.15) is 44.3 Å². The van der Waals surface area contributed by atoms with E-state index >= 15 is 0 Å². The summed E-state index contributed by atoms with van der Waals surface area (Å²) in [5, 5.41) is 2.52. The van der Waals surface area contributed by atoms with Crippen molar-refractivity contribution in [2.45, 2.75) is 50.8 Å². The monoisotopic (exact) mass is 374 g/mol. The predicted molar refractivity (Wildman–Crippen MR) is 109 cm³/mol. The fourth-order valence-electron chi connectivity index (χ4n) is 4.44. The summed E-state index contributed by atoms with van der Waals surface area (Å²) in [6.07, 6.45) is 5.12. The molecule has 0 amide bonds. The van der Waals surface area contributed by atoms with E-state index in [2.05, 4.69) is 72.8 Å². The summed E-state index contributed by atoms with van der Waals surface area (Å²) in [7, 11) is 4.36. The lowest BCUT2D eigenvalue weighted by molar-refractivity contribution is 0.221. The molecule has 2 aliphatic rings. The molecule has 25 heavy (non-hydrogen) atoms. The Morgan fingerprint density at radius 2 is 1.60 bits per heavy atom. The Kier molecular flexibility index (Phi) is 4.76. The van der Waals surface area contributed by atoms with Crippen LogP contribution >= 0.6 is 6.57 Å². The third-order valence-electron chi connectivity index (χ3n) is 5.99. The zero-order valence-corrected chi connectivity index (χ0v) is 17.0. The summed E-state index contributed by atoms with van der Waals surface area (Å²) in [4.78, 5) is 0. The van der Waals surface area contributed by atoms with Crippen molar-refractivity contribution in [3.05, 3.63) is 48.0 Å². The standard InChI is InChI=1S/C20H27N2OPS/c1-15(17-13-12-16-8-4-5-9-18(16)14-17)23-24(25)21(2)19-10-6-7-11-20(19)22(24)3/h4-5,8-9,12-15,19-20H,6-7,10-11H2,1-3H3/t15-,19+,20+/m0/s1. The summed E-state index contributed by atoms with van der Waals surface area (Å²) < 4.78 is 11.4. The number of hydrogen-bond acceptors (Lipinski definition) is 2. The zero-order chi connectivity index (χ0) is 17.6. The van der Waals surface area contributed by atoms with Crippen molar-refractivity contribution in [2.75, 3.05) is 14.1 Å². The maximum absolute atomic E-state index is 6.63. The van der Waals surface area contributed by atoms with Crippen LogP contribution in [0.2, 0.25) is 0 Å². The van der Waals surface area contributed by atoms with E-state index in [9.17, 15) is 0 Å². The van der Waals surface area contributed by atoms with Crippen molar-refractivity contribution in [3.63, 3.8) is 0 Å². The first kappa shape index (κ1) is 17.6. The molecule has 0 spiro atoms. The van der Waals surface area contributed by atoms with E-state index in [1.54, 1.807) is 0 Å². The summed E-state index contributed by atoms with van der Waals surface area (Å²) in [5.74, 6) is 0. The summed E-state index contributed by atoms with van der Waals surface area (Å²) >= 11 is 6.14. The van der Waals surface area contributed by atoms with Gasteiger partial charge in [0.2, 0.25) is 6.57 Å². The molecule has 0 N–H and O–H groups in total. The first-order valence-electron chi connectivity index (χ1n) is 9.24. The van der Waals surface area contributed by atoms with E-state index in [1.165, 1.54) is 42.0 Å². The minimum Gasteiger partial charge on any atom is -0.319 e. The van der Waals surface area contributed by atoms with Crippen molar-refractivity contribution >= 4 is 29.1 Å². The second-order valence-electron chi connectivity index (χ2n) is 7.41. The minimum absolute atomic E-state index is 0.000456. The van der Waals surface area contributed by atoms with Gasteiger partial charge < -0.3 is 4.52 Å². The van der Waals surface area contributed by atoms with Crippen molar-refractivity contribution in [2.24, 2.45) is 0 Å². The number of likely N-dealkylation sites (N-methyl/N-ethyl adjacent to an activating group) is 2. The molecule has 0 aromatic heterocycles. The fourth-order valence-corrected chi connectivity index (χ4v) is 8.12.